The van der Waals surface area contributed by atoms with Gasteiger partial charge in [-0.05, 0) is 19.1 Å². The molecular weight excluding hydrogens is 286 g/mol. The fourth-order valence-corrected chi connectivity index (χ4v) is 2.44. The molecule has 0 aliphatic carbocycles. The van der Waals surface area contributed by atoms with Crippen molar-refractivity contribution in [1.29, 1.82) is 0 Å². The Hall–Kier alpha value is -2.43. The predicted molar refractivity (Wildman–Crippen MR) is 92.4 cm³/mol. The monoisotopic (exact) mass is 307 g/mol. The Balaban J connectivity index is 1.97. The Morgan fingerprint density at radius 3 is 2.35 bits per heavy atom. The van der Waals surface area contributed by atoms with E-state index in [0.717, 1.165) is 22.5 Å². The first-order valence-electron chi connectivity index (χ1n) is 7.81. The minimum atomic E-state index is 0.0544. The van der Waals surface area contributed by atoms with Crippen molar-refractivity contribution in [3.8, 4) is 16.9 Å². The van der Waals surface area contributed by atoms with Crippen molar-refractivity contribution in [3.63, 3.8) is 0 Å². The normalized spacial score (nSPS) is 12.3. The summed E-state index contributed by atoms with van der Waals surface area (Å²) in [6.07, 6.45) is 2.05. The molecule has 0 radical (unpaired) electrons. The molecule has 1 unspecified atom stereocenters. The number of hydrogen-bond acceptors (Lipinski definition) is 3. The van der Waals surface area contributed by atoms with Gasteiger partial charge in [-0.15, -0.1) is 0 Å². The van der Waals surface area contributed by atoms with Crippen LogP contribution in [0.1, 0.15) is 12.5 Å². The highest BCUT2D eigenvalue weighted by Crippen LogP contribution is 2.23. The molecule has 2 N–H and O–H groups in total. The average Bonchev–Trinajstić information content (AvgIpc) is 3.05. The highest BCUT2D eigenvalue weighted by Gasteiger charge is 2.12. The summed E-state index contributed by atoms with van der Waals surface area (Å²) >= 11 is 0. The zero-order valence-corrected chi connectivity index (χ0v) is 13.2. The Labute approximate surface area is 136 Å². The molecule has 0 saturated heterocycles. The summed E-state index contributed by atoms with van der Waals surface area (Å²) in [5, 5.41) is 17.3. The van der Waals surface area contributed by atoms with Crippen molar-refractivity contribution in [1.82, 2.24) is 15.1 Å². The summed E-state index contributed by atoms with van der Waals surface area (Å²) in [5.41, 5.74) is 4.20. The number of nitrogens with zero attached hydrogens (tertiary/aromatic N) is 2. The number of nitrogens with one attached hydrogen (secondary N) is 1. The van der Waals surface area contributed by atoms with Gasteiger partial charge < -0.3 is 10.4 Å². The fraction of sp³-hybridized carbons (Fsp3) is 0.211. The van der Waals surface area contributed by atoms with Crippen LogP contribution < -0.4 is 5.32 Å². The van der Waals surface area contributed by atoms with E-state index in [9.17, 15) is 5.11 Å². The van der Waals surface area contributed by atoms with Crippen LogP contribution in [0.3, 0.4) is 0 Å². The molecule has 0 amide bonds. The summed E-state index contributed by atoms with van der Waals surface area (Å²) in [6.45, 7) is 2.75. The third-order valence-corrected chi connectivity index (χ3v) is 3.77. The number of para-hydroxylation sites is 1. The second-order valence-corrected chi connectivity index (χ2v) is 5.61. The van der Waals surface area contributed by atoms with E-state index in [2.05, 4.69) is 23.6 Å². The van der Waals surface area contributed by atoms with Crippen molar-refractivity contribution < 1.29 is 5.11 Å². The first-order valence-corrected chi connectivity index (χ1v) is 7.81. The van der Waals surface area contributed by atoms with Gasteiger partial charge in [0.05, 0.1) is 18.0 Å². The maximum Gasteiger partial charge on any atom is 0.0972 e. The lowest BCUT2D eigenvalue weighted by molar-refractivity contribution is 0.251. The van der Waals surface area contributed by atoms with Crippen molar-refractivity contribution in [3.05, 3.63) is 72.4 Å². The van der Waals surface area contributed by atoms with Crippen molar-refractivity contribution in [2.45, 2.75) is 19.5 Å². The molecule has 0 aliphatic heterocycles. The first-order chi connectivity index (χ1) is 11.3. The van der Waals surface area contributed by atoms with Crippen LogP contribution in [-0.4, -0.2) is 27.5 Å². The molecule has 4 heteroatoms. The fourth-order valence-electron chi connectivity index (χ4n) is 2.44. The summed E-state index contributed by atoms with van der Waals surface area (Å²) in [5.74, 6) is 0. The Bertz CT molecular complexity index is 738. The summed E-state index contributed by atoms with van der Waals surface area (Å²) in [7, 11) is 0. The largest absolute Gasteiger partial charge is 0.395 e. The van der Waals surface area contributed by atoms with Gasteiger partial charge in [-0.2, -0.15) is 5.10 Å². The Morgan fingerprint density at radius 1 is 1.04 bits per heavy atom. The van der Waals surface area contributed by atoms with Gasteiger partial charge in [-0.25, -0.2) is 4.68 Å². The van der Waals surface area contributed by atoms with E-state index in [-0.39, 0.29) is 12.6 Å². The predicted octanol–water partition coefficient (Wildman–Crippen LogP) is 3.01. The molecular formula is C19H21N3O. The zero-order valence-electron chi connectivity index (χ0n) is 13.2. The van der Waals surface area contributed by atoms with Gasteiger partial charge in [0.1, 0.15) is 0 Å². The number of rotatable bonds is 6. The maximum atomic E-state index is 9.20. The van der Waals surface area contributed by atoms with Crippen LogP contribution in [0.25, 0.3) is 16.9 Å². The Morgan fingerprint density at radius 2 is 1.70 bits per heavy atom. The molecule has 3 rings (SSSR count). The van der Waals surface area contributed by atoms with Crippen LogP contribution in [0, 0.1) is 0 Å². The third kappa shape index (κ3) is 3.67. The molecule has 1 heterocycles. The highest BCUT2D eigenvalue weighted by molar-refractivity contribution is 5.63. The summed E-state index contributed by atoms with van der Waals surface area (Å²) in [6, 6.07) is 20.3. The van der Waals surface area contributed by atoms with Crippen LogP contribution in [-0.2, 0) is 6.54 Å². The van der Waals surface area contributed by atoms with Gasteiger partial charge in [-0.1, -0.05) is 48.5 Å². The van der Waals surface area contributed by atoms with E-state index >= 15 is 0 Å². The molecule has 0 aliphatic rings. The second kappa shape index (κ2) is 7.22. The van der Waals surface area contributed by atoms with E-state index in [4.69, 9.17) is 5.10 Å². The van der Waals surface area contributed by atoms with Crippen LogP contribution in [0.4, 0.5) is 0 Å². The lowest BCUT2D eigenvalue weighted by atomic mass is 10.1. The SMILES string of the molecule is CC(CO)NCc1cn(-c2ccccc2)nc1-c1ccccc1. The zero-order chi connectivity index (χ0) is 16.1. The van der Waals surface area contributed by atoms with E-state index in [1.54, 1.807) is 0 Å². The highest BCUT2D eigenvalue weighted by atomic mass is 16.3. The number of aliphatic hydroxyl groups is 1. The molecule has 0 fully saturated rings. The van der Waals surface area contributed by atoms with E-state index < -0.39 is 0 Å². The van der Waals surface area contributed by atoms with E-state index in [1.165, 1.54) is 0 Å². The van der Waals surface area contributed by atoms with Gasteiger partial charge >= 0.3 is 0 Å². The molecule has 3 aromatic rings. The lowest BCUT2D eigenvalue weighted by Gasteiger charge is -2.10. The van der Waals surface area contributed by atoms with Gasteiger partial charge in [0.15, 0.2) is 0 Å². The standard InChI is InChI=1S/C19H21N3O/c1-15(14-23)20-12-17-13-22(18-10-6-3-7-11-18)21-19(17)16-8-4-2-5-9-16/h2-11,13,15,20,23H,12,14H2,1H3. The maximum absolute atomic E-state index is 9.20. The molecule has 118 valence electrons. The third-order valence-electron chi connectivity index (χ3n) is 3.77. The number of benzene rings is 2. The van der Waals surface area contributed by atoms with Gasteiger partial charge in [-0.3, -0.25) is 0 Å². The van der Waals surface area contributed by atoms with Crippen molar-refractivity contribution in [2.75, 3.05) is 6.61 Å². The molecule has 1 aromatic heterocycles. The minimum Gasteiger partial charge on any atom is -0.395 e. The van der Waals surface area contributed by atoms with Gasteiger partial charge in [0.25, 0.3) is 0 Å². The molecule has 2 aromatic carbocycles. The van der Waals surface area contributed by atoms with Gasteiger partial charge in [0.2, 0.25) is 0 Å². The molecule has 0 bridgehead atoms. The van der Waals surface area contributed by atoms with Crippen LogP contribution in [0.15, 0.2) is 66.9 Å². The molecule has 0 saturated carbocycles. The van der Waals surface area contributed by atoms with Crippen molar-refractivity contribution in [2.24, 2.45) is 0 Å². The topological polar surface area (TPSA) is 50.1 Å². The second-order valence-electron chi connectivity index (χ2n) is 5.61. The van der Waals surface area contributed by atoms with Crippen LogP contribution in [0.2, 0.25) is 0 Å². The first kappa shape index (κ1) is 15.5. The van der Waals surface area contributed by atoms with Crippen LogP contribution in [0.5, 0.6) is 0 Å². The Kier molecular flexibility index (Phi) is 4.86. The number of aliphatic hydroxyl groups excluding tert-OH is 1. The molecule has 23 heavy (non-hydrogen) atoms. The molecule has 4 nitrogen and oxygen atoms in total. The lowest BCUT2D eigenvalue weighted by Crippen LogP contribution is -2.28. The number of aromatic nitrogens is 2. The molecule has 1 atom stereocenters. The van der Waals surface area contributed by atoms with E-state index in [1.807, 2.05) is 60.1 Å². The minimum absolute atomic E-state index is 0.0544. The smallest absolute Gasteiger partial charge is 0.0972 e. The molecule has 0 spiro atoms. The quantitative estimate of drug-likeness (QED) is 0.736. The van der Waals surface area contributed by atoms with Gasteiger partial charge in [0, 0.05) is 29.9 Å². The van der Waals surface area contributed by atoms with E-state index in [0.29, 0.717) is 6.54 Å². The summed E-state index contributed by atoms with van der Waals surface area (Å²) < 4.78 is 1.91. The summed E-state index contributed by atoms with van der Waals surface area (Å²) in [4.78, 5) is 0. The van der Waals surface area contributed by atoms with Crippen molar-refractivity contribution >= 4 is 0 Å². The van der Waals surface area contributed by atoms with Crippen LogP contribution >= 0.6 is 0 Å². The average molecular weight is 307 g/mol. The number of hydrogen-bond donors (Lipinski definition) is 2.